The molecule has 0 saturated carbocycles. The van der Waals surface area contributed by atoms with Crippen LogP contribution in [0.15, 0.2) is 34.0 Å². The van der Waals surface area contributed by atoms with E-state index in [1.54, 1.807) is 24.4 Å². The summed E-state index contributed by atoms with van der Waals surface area (Å²) in [6.45, 7) is 2.51. The quantitative estimate of drug-likeness (QED) is 0.467. The lowest BCUT2D eigenvalue weighted by molar-refractivity contribution is 0.0689. The molecule has 1 aromatic carbocycles. The Morgan fingerprint density at radius 3 is 2.59 bits per heavy atom. The lowest BCUT2D eigenvalue weighted by atomic mass is 10.1. The second-order valence-corrected chi connectivity index (χ2v) is 10.9. The van der Waals surface area contributed by atoms with Crippen molar-refractivity contribution in [3.63, 3.8) is 0 Å². The third-order valence-electron chi connectivity index (χ3n) is 5.28. The van der Waals surface area contributed by atoms with Gasteiger partial charge in [-0.25, -0.2) is 14.2 Å². The minimum Gasteiger partial charge on any atom is -0.485 e. The summed E-state index contributed by atoms with van der Waals surface area (Å²) < 4.78 is 48.0. The molecule has 1 N–H and O–H groups in total. The van der Waals surface area contributed by atoms with E-state index in [1.165, 1.54) is 19.1 Å². The molecule has 0 saturated heterocycles. The predicted molar refractivity (Wildman–Crippen MR) is 124 cm³/mol. The van der Waals surface area contributed by atoms with E-state index in [0.717, 1.165) is 46.0 Å². The molecule has 0 fully saturated rings. The molecule has 0 unspecified atom stereocenters. The number of fused-ring (bicyclic) bond motifs is 1. The summed E-state index contributed by atoms with van der Waals surface area (Å²) in [5, 5.41) is 18.1. The molecular weight excluding hydrogens is 483 g/mol. The minimum atomic E-state index is -4.14. The maximum absolute atomic E-state index is 14.2. The van der Waals surface area contributed by atoms with Gasteiger partial charge in [-0.3, -0.25) is 4.31 Å². The Morgan fingerprint density at radius 2 is 2.00 bits per heavy atom. The summed E-state index contributed by atoms with van der Waals surface area (Å²) in [4.78, 5) is 15.1. The smallest absolute Gasteiger partial charge is 0.356 e. The van der Waals surface area contributed by atoms with Gasteiger partial charge in [-0.2, -0.15) is 13.5 Å². The van der Waals surface area contributed by atoms with E-state index >= 15 is 0 Å². The zero-order chi connectivity index (χ0) is 24.5. The monoisotopic (exact) mass is 506 g/mol. The number of benzene rings is 1. The van der Waals surface area contributed by atoms with Crippen LogP contribution < -0.4 is 9.04 Å². The first kappa shape index (κ1) is 24.0. The Labute approximate surface area is 200 Å². The number of carboxylic acids is 1. The number of aryl methyl sites for hydroxylation is 3. The number of aromatic carboxylic acids is 1. The van der Waals surface area contributed by atoms with Gasteiger partial charge in [0.1, 0.15) is 24.2 Å². The third-order valence-corrected chi connectivity index (χ3v) is 8.41. The van der Waals surface area contributed by atoms with E-state index in [-0.39, 0.29) is 28.1 Å². The maximum Gasteiger partial charge on any atom is 0.356 e. The van der Waals surface area contributed by atoms with Crippen molar-refractivity contribution in [2.75, 3.05) is 10.8 Å². The Bertz CT molecular complexity index is 1310. The number of aromatic nitrogens is 3. The zero-order valence-electron chi connectivity index (χ0n) is 18.6. The Morgan fingerprint density at radius 1 is 1.26 bits per heavy atom. The Kier molecular flexibility index (Phi) is 6.80. The van der Waals surface area contributed by atoms with Gasteiger partial charge >= 0.3 is 5.97 Å². The van der Waals surface area contributed by atoms with Gasteiger partial charge in [0.2, 0.25) is 4.34 Å². The van der Waals surface area contributed by atoms with Gasteiger partial charge in [-0.15, -0.1) is 16.4 Å². The number of sulfonamides is 1. The van der Waals surface area contributed by atoms with Gasteiger partial charge < -0.3 is 9.84 Å². The molecule has 1 atom stereocenters. The number of nitrogens with zero attached hydrogens (tertiary/aromatic N) is 4. The summed E-state index contributed by atoms with van der Waals surface area (Å²) >= 11 is 0.982. The lowest BCUT2D eigenvalue weighted by Gasteiger charge is -2.26. The van der Waals surface area contributed by atoms with Gasteiger partial charge in [0.25, 0.3) is 10.0 Å². The fraction of sp³-hybridized carbons (Fsp3) is 0.364. The van der Waals surface area contributed by atoms with Gasteiger partial charge in [0.05, 0.1) is 12.2 Å². The van der Waals surface area contributed by atoms with E-state index in [2.05, 4.69) is 15.2 Å². The van der Waals surface area contributed by atoms with Gasteiger partial charge in [-0.1, -0.05) is 0 Å². The average molecular weight is 507 g/mol. The highest BCUT2D eigenvalue weighted by molar-refractivity contribution is 7.94. The number of anilines is 1. The molecule has 4 rings (SSSR count). The molecule has 12 heteroatoms. The molecule has 0 radical (unpaired) electrons. The first-order valence-electron chi connectivity index (χ1n) is 10.6. The van der Waals surface area contributed by atoms with Crippen molar-refractivity contribution in [3.05, 3.63) is 57.9 Å². The van der Waals surface area contributed by atoms with Crippen LogP contribution >= 0.6 is 11.3 Å². The molecule has 0 aliphatic heterocycles. The van der Waals surface area contributed by atoms with Gasteiger partial charge in [-0.05, 0) is 68.5 Å². The number of rotatable bonds is 9. The molecule has 0 amide bonds. The first-order valence-corrected chi connectivity index (χ1v) is 12.9. The van der Waals surface area contributed by atoms with E-state index < -0.39 is 28.7 Å². The van der Waals surface area contributed by atoms with Crippen molar-refractivity contribution in [2.45, 2.75) is 50.2 Å². The second-order valence-electron chi connectivity index (χ2n) is 8.02. The summed E-state index contributed by atoms with van der Waals surface area (Å²) in [6, 6.07) is 6.32. The van der Waals surface area contributed by atoms with Crippen molar-refractivity contribution in [3.8, 4) is 5.75 Å². The molecule has 3 aromatic rings. The number of hydrogen-bond acceptors (Lipinski definition) is 8. The summed E-state index contributed by atoms with van der Waals surface area (Å²) in [6.07, 6.45) is 1.11. The molecule has 34 heavy (non-hydrogen) atoms. The van der Waals surface area contributed by atoms with Crippen molar-refractivity contribution in [1.82, 2.24) is 15.2 Å². The van der Waals surface area contributed by atoms with Crippen LogP contribution in [0.1, 0.15) is 46.3 Å². The van der Waals surface area contributed by atoms with E-state index in [1.807, 2.05) is 0 Å². The summed E-state index contributed by atoms with van der Waals surface area (Å²) in [7, 11) is -4.14. The highest BCUT2D eigenvalue weighted by Gasteiger charge is 2.32. The summed E-state index contributed by atoms with van der Waals surface area (Å²) in [5.74, 6) is -0.929. The van der Waals surface area contributed by atoms with Crippen molar-refractivity contribution >= 4 is 33.0 Å². The van der Waals surface area contributed by atoms with E-state index in [4.69, 9.17) is 9.84 Å². The first-order chi connectivity index (χ1) is 16.1. The van der Waals surface area contributed by atoms with Gasteiger partial charge in [0.15, 0.2) is 5.69 Å². The number of carbonyl (C=O) groups is 1. The van der Waals surface area contributed by atoms with Crippen LogP contribution in [0.25, 0.3) is 0 Å². The number of thiazole rings is 1. The van der Waals surface area contributed by atoms with Crippen LogP contribution in [-0.2, 0) is 29.5 Å². The standard InChI is InChI=1S/C22H23FN4O5S2/c1-13(23)10-27(34(30,31)22-24-14(2)12-33-22)19-8-15-4-3-5-16(15)9-20(19)32-11-17-6-7-18(21(28)29)26-25-17/h6-9,12-13H,3-5,10-11H2,1-2H3,(H,28,29)/t13-/m0/s1. The number of ether oxygens (including phenoxy) is 1. The predicted octanol–water partition coefficient (Wildman–Crippen LogP) is 3.56. The number of halogens is 1. The highest BCUT2D eigenvalue weighted by atomic mass is 32.2. The van der Waals surface area contributed by atoms with Crippen molar-refractivity contribution < 1.29 is 27.4 Å². The van der Waals surface area contributed by atoms with Crippen molar-refractivity contribution in [2.24, 2.45) is 0 Å². The Balaban J connectivity index is 1.73. The van der Waals surface area contributed by atoms with E-state index in [0.29, 0.717) is 11.4 Å². The van der Waals surface area contributed by atoms with Crippen LogP contribution in [0.4, 0.5) is 10.1 Å². The largest absolute Gasteiger partial charge is 0.485 e. The van der Waals surface area contributed by atoms with Crippen molar-refractivity contribution in [1.29, 1.82) is 0 Å². The fourth-order valence-corrected chi connectivity index (χ4v) is 6.37. The summed E-state index contributed by atoms with van der Waals surface area (Å²) in [5.41, 5.74) is 2.99. The molecule has 9 nitrogen and oxygen atoms in total. The van der Waals surface area contributed by atoms with E-state index in [9.17, 15) is 17.6 Å². The molecule has 1 aliphatic rings. The normalized spacial score (nSPS) is 14.0. The van der Waals surface area contributed by atoms with Crippen LogP contribution in [0, 0.1) is 6.92 Å². The zero-order valence-corrected chi connectivity index (χ0v) is 20.2. The average Bonchev–Trinajstić information content (AvgIpc) is 3.44. The molecule has 180 valence electrons. The third kappa shape index (κ3) is 5.02. The highest BCUT2D eigenvalue weighted by Crippen LogP contribution is 2.39. The van der Waals surface area contributed by atoms with Crippen LogP contribution in [-0.4, -0.2) is 47.4 Å². The lowest BCUT2D eigenvalue weighted by Crippen LogP contribution is -2.36. The minimum absolute atomic E-state index is 0.0753. The van der Waals surface area contributed by atoms with Gasteiger partial charge in [0, 0.05) is 11.1 Å². The second kappa shape index (κ2) is 9.63. The maximum atomic E-state index is 14.2. The number of carboxylic acid groups (broad SMARTS) is 1. The molecule has 2 aromatic heterocycles. The number of alkyl halides is 1. The molecule has 0 bridgehead atoms. The van der Waals surface area contributed by atoms with Crippen LogP contribution in [0.2, 0.25) is 0 Å². The van der Waals surface area contributed by atoms with Crippen LogP contribution in [0.3, 0.4) is 0 Å². The fourth-order valence-electron chi connectivity index (χ4n) is 3.70. The molecule has 2 heterocycles. The topological polar surface area (TPSA) is 123 Å². The molecular formula is C22H23FN4O5S2. The SMILES string of the molecule is Cc1csc(S(=O)(=O)N(C[C@H](C)F)c2cc3c(cc2OCc2ccc(C(=O)O)nn2)CCC3)n1. The molecule has 1 aliphatic carbocycles. The van der Waals surface area contributed by atoms with Crippen LogP contribution in [0.5, 0.6) is 5.75 Å². The number of hydrogen-bond donors (Lipinski definition) is 1. The molecule has 0 spiro atoms. The Hall–Kier alpha value is -3.12.